The molecule has 0 aliphatic heterocycles. The van der Waals surface area contributed by atoms with E-state index in [2.05, 4.69) is 26.0 Å². The van der Waals surface area contributed by atoms with E-state index in [4.69, 9.17) is 0 Å². The summed E-state index contributed by atoms with van der Waals surface area (Å²) in [4.78, 5) is 0. The molecule has 0 nitrogen and oxygen atoms in total. The van der Waals surface area contributed by atoms with Gasteiger partial charge in [-0.2, -0.15) is 0 Å². The predicted molar refractivity (Wildman–Crippen MR) is 73.6 cm³/mol. The first-order valence-electron chi connectivity index (χ1n) is 7.49. The molecular weight excluding hydrogens is 192 g/mol. The van der Waals surface area contributed by atoms with Crippen molar-refractivity contribution in [2.45, 2.75) is 78.1 Å². The van der Waals surface area contributed by atoms with Crippen LogP contribution in [-0.4, -0.2) is 0 Å². The Morgan fingerprint density at radius 1 is 1.12 bits per heavy atom. The Morgan fingerprint density at radius 3 is 2.50 bits per heavy atom. The molecule has 1 unspecified atom stereocenters. The molecule has 16 heavy (non-hydrogen) atoms. The van der Waals surface area contributed by atoms with Crippen molar-refractivity contribution in [2.75, 3.05) is 0 Å². The van der Waals surface area contributed by atoms with Crippen molar-refractivity contribution >= 4 is 0 Å². The molecule has 0 N–H and O–H groups in total. The van der Waals surface area contributed by atoms with Gasteiger partial charge in [0.15, 0.2) is 0 Å². The molecule has 0 amide bonds. The van der Waals surface area contributed by atoms with E-state index in [0.717, 1.165) is 11.8 Å². The van der Waals surface area contributed by atoms with E-state index in [-0.39, 0.29) is 0 Å². The summed E-state index contributed by atoms with van der Waals surface area (Å²) in [6.45, 7) is 4.46. The highest BCUT2D eigenvalue weighted by Crippen LogP contribution is 2.31. The molecule has 0 heterocycles. The SMILES string of the molecule is C/C=C\C(CCCCC)CCC1CCCC1. The zero-order valence-electron chi connectivity index (χ0n) is 11.4. The van der Waals surface area contributed by atoms with Crippen LogP contribution in [0.5, 0.6) is 0 Å². The minimum Gasteiger partial charge on any atom is -0.0914 e. The van der Waals surface area contributed by atoms with Gasteiger partial charge >= 0.3 is 0 Å². The Hall–Kier alpha value is -0.260. The van der Waals surface area contributed by atoms with Gasteiger partial charge in [-0.1, -0.05) is 64.0 Å². The zero-order chi connectivity index (χ0) is 11.6. The fraction of sp³-hybridized carbons (Fsp3) is 0.875. The first kappa shape index (κ1) is 13.8. The van der Waals surface area contributed by atoms with Gasteiger partial charge in [-0.3, -0.25) is 0 Å². The van der Waals surface area contributed by atoms with Crippen LogP contribution in [0, 0.1) is 11.8 Å². The quantitative estimate of drug-likeness (QED) is 0.363. The predicted octanol–water partition coefficient (Wildman–Crippen LogP) is 5.73. The maximum absolute atomic E-state index is 2.45. The Kier molecular flexibility index (Phi) is 7.63. The minimum atomic E-state index is 0.872. The second kappa shape index (κ2) is 8.84. The average molecular weight is 222 g/mol. The third kappa shape index (κ3) is 5.72. The van der Waals surface area contributed by atoms with Crippen molar-refractivity contribution in [1.29, 1.82) is 0 Å². The summed E-state index contributed by atoms with van der Waals surface area (Å²) < 4.78 is 0. The molecule has 0 spiro atoms. The Balaban J connectivity index is 2.15. The third-order valence-electron chi connectivity index (χ3n) is 4.06. The van der Waals surface area contributed by atoms with E-state index in [1.165, 1.54) is 64.2 Å². The van der Waals surface area contributed by atoms with Crippen LogP contribution in [0.15, 0.2) is 12.2 Å². The van der Waals surface area contributed by atoms with Crippen LogP contribution in [0.2, 0.25) is 0 Å². The van der Waals surface area contributed by atoms with Gasteiger partial charge in [0.25, 0.3) is 0 Å². The van der Waals surface area contributed by atoms with Crippen molar-refractivity contribution in [3.63, 3.8) is 0 Å². The molecule has 0 aromatic carbocycles. The molecule has 1 aliphatic rings. The summed E-state index contributed by atoms with van der Waals surface area (Å²) in [7, 11) is 0. The lowest BCUT2D eigenvalue weighted by Crippen LogP contribution is -2.01. The van der Waals surface area contributed by atoms with E-state index in [0.29, 0.717) is 0 Å². The topological polar surface area (TPSA) is 0 Å². The Bertz CT molecular complexity index is 174. The van der Waals surface area contributed by atoms with Gasteiger partial charge in [-0.05, 0) is 38.0 Å². The summed E-state index contributed by atoms with van der Waals surface area (Å²) >= 11 is 0. The highest BCUT2D eigenvalue weighted by molar-refractivity contribution is 4.86. The average Bonchev–Trinajstić information content (AvgIpc) is 2.79. The molecule has 0 bridgehead atoms. The van der Waals surface area contributed by atoms with Crippen molar-refractivity contribution in [1.82, 2.24) is 0 Å². The summed E-state index contributed by atoms with van der Waals surface area (Å²) in [5, 5.41) is 0. The molecule has 1 fully saturated rings. The lowest BCUT2D eigenvalue weighted by atomic mass is 9.91. The molecule has 0 radical (unpaired) electrons. The zero-order valence-corrected chi connectivity index (χ0v) is 11.4. The molecule has 1 rings (SSSR count). The van der Waals surface area contributed by atoms with Crippen molar-refractivity contribution in [3.05, 3.63) is 12.2 Å². The van der Waals surface area contributed by atoms with E-state index in [1.807, 2.05) is 0 Å². The molecule has 0 saturated heterocycles. The van der Waals surface area contributed by atoms with E-state index in [9.17, 15) is 0 Å². The third-order valence-corrected chi connectivity index (χ3v) is 4.06. The second-order valence-corrected chi connectivity index (χ2v) is 5.51. The Labute approximate surface area is 103 Å². The summed E-state index contributed by atoms with van der Waals surface area (Å²) in [6, 6.07) is 0. The molecule has 1 aliphatic carbocycles. The first-order chi connectivity index (χ1) is 7.86. The van der Waals surface area contributed by atoms with Gasteiger partial charge in [-0.25, -0.2) is 0 Å². The second-order valence-electron chi connectivity index (χ2n) is 5.51. The number of unbranched alkanes of at least 4 members (excludes halogenated alkanes) is 2. The maximum Gasteiger partial charge on any atom is -0.0234 e. The number of hydrogen-bond donors (Lipinski definition) is 0. The van der Waals surface area contributed by atoms with Crippen LogP contribution in [0.4, 0.5) is 0 Å². The van der Waals surface area contributed by atoms with Crippen molar-refractivity contribution in [2.24, 2.45) is 11.8 Å². The fourth-order valence-electron chi connectivity index (χ4n) is 3.01. The van der Waals surface area contributed by atoms with Crippen molar-refractivity contribution in [3.8, 4) is 0 Å². The van der Waals surface area contributed by atoms with Crippen LogP contribution in [0.3, 0.4) is 0 Å². The van der Waals surface area contributed by atoms with Crippen LogP contribution in [0.1, 0.15) is 78.1 Å². The highest BCUT2D eigenvalue weighted by atomic mass is 14.2. The molecular formula is C16H30. The van der Waals surface area contributed by atoms with E-state index in [1.54, 1.807) is 0 Å². The van der Waals surface area contributed by atoms with Crippen LogP contribution >= 0.6 is 0 Å². The molecule has 0 aromatic heterocycles. The van der Waals surface area contributed by atoms with Crippen LogP contribution < -0.4 is 0 Å². The normalized spacial score (nSPS) is 19.6. The molecule has 94 valence electrons. The Morgan fingerprint density at radius 2 is 1.88 bits per heavy atom. The van der Waals surface area contributed by atoms with Crippen molar-refractivity contribution < 1.29 is 0 Å². The van der Waals surface area contributed by atoms with Gasteiger partial charge in [0, 0.05) is 0 Å². The number of allylic oxidation sites excluding steroid dienone is 2. The lowest BCUT2D eigenvalue weighted by Gasteiger charge is -2.15. The fourth-order valence-corrected chi connectivity index (χ4v) is 3.01. The van der Waals surface area contributed by atoms with Gasteiger partial charge in [-0.15, -0.1) is 0 Å². The largest absolute Gasteiger partial charge is 0.0914 e. The molecule has 1 saturated carbocycles. The van der Waals surface area contributed by atoms with Gasteiger partial charge in [0.05, 0.1) is 0 Å². The molecule has 1 atom stereocenters. The number of rotatable bonds is 8. The summed E-state index contributed by atoms with van der Waals surface area (Å²) in [5.41, 5.74) is 0. The molecule has 0 heteroatoms. The summed E-state index contributed by atoms with van der Waals surface area (Å²) in [6.07, 6.45) is 19.3. The maximum atomic E-state index is 2.45. The smallest absolute Gasteiger partial charge is 0.0234 e. The monoisotopic (exact) mass is 222 g/mol. The van der Waals surface area contributed by atoms with E-state index >= 15 is 0 Å². The van der Waals surface area contributed by atoms with Gasteiger partial charge in [0.1, 0.15) is 0 Å². The minimum absolute atomic E-state index is 0.872. The van der Waals surface area contributed by atoms with Crippen LogP contribution in [-0.2, 0) is 0 Å². The standard InChI is InChI=1S/C16H30/c1-3-5-6-10-15(9-4-2)13-14-16-11-7-8-12-16/h4,9,15-16H,3,5-8,10-14H2,1-2H3/b9-4-. The lowest BCUT2D eigenvalue weighted by molar-refractivity contribution is 0.414. The number of hydrogen-bond acceptors (Lipinski definition) is 0. The highest BCUT2D eigenvalue weighted by Gasteiger charge is 2.16. The van der Waals surface area contributed by atoms with E-state index < -0.39 is 0 Å². The van der Waals surface area contributed by atoms with Crippen LogP contribution in [0.25, 0.3) is 0 Å². The van der Waals surface area contributed by atoms with Gasteiger partial charge in [0.2, 0.25) is 0 Å². The summed E-state index contributed by atoms with van der Waals surface area (Å²) in [5.74, 6) is 1.94. The molecule has 0 aromatic rings. The van der Waals surface area contributed by atoms with Gasteiger partial charge < -0.3 is 0 Å². The first-order valence-corrected chi connectivity index (χ1v) is 7.49.